The minimum Gasteiger partial charge on any atom is -0.312 e. The summed E-state index contributed by atoms with van der Waals surface area (Å²) in [6.45, 7) is 4.02. The fourth-order valence-electron chi connectivity index (χ4n) is 3.09. The first kappa shape index (κ1) is 15.5. The van der Waals surface area contributed by atoms with E-state index in [0.717, 1.165) is 25.1 Å². The lowest BCUT2D eigenvalue weighted by atomic mass is 9.99. The van der Waals surface area contributed by atoms with Crippen LogP contribution in [0.3, 0.4) is 0 Å². The van der Waals surface area contributed by atoms with Crippen LogP contribution in [0.15, 0.2) is 42.5 Å². The number of ketones is 1. The monoisotopic (exact) mass is 307 g/mol. The topological polar surface area (TPSA) is 37.4 Å². The summed E-state index contributed by atoms with van der Waals surface area (Å²) in [6.07, 6.45) is 2.31. The molecule has 3 rings (SSSR count). The highest BCUT2D eigenvalue weighted by Gasteiger charge is 2.22. The largest absolute Gasteiger partial charge is 0.312 e. The van der Waals surface area contributed by atoms with Crippen molar-refractivity contribution in [1.29, 1.82) is 0 Å². The fourth-order valence-corrected chi connectivity index (χ4v) is 3.09. The Labute approximate surface area is 136 Å². The summed E-state index contributed by atoms with van der Waals surface area (Å²) in [4.78, 5) is 24.5. The number of amides is 1. The summed E-state index contributed by atoms with van der Waals surface area (Å²) in [5.41, 5.74) is 5.80. The number of carbonyl (C=O) groups is 2. The van der Waals surface area contributed by atoms with Crippen LogP contribution in [0.25, 0.3) is 11.1 Å². The number of hydrogen-bond acceptors (Lipinski definition) is 2. The first-order valence-corrected chi connectivity index (χ1v) is 8.04. The van der Waals surface area contributed by atoms with Gasteiger partial charge in [0.05, 0.1) is 0 Å². The molecular formula is C20H21NO2. The van der Waals surface area contributed by atoms with E-state index in [-0.39, 0.29) is 11.7 Å². The second kappa shape index (κ2) is 6.37. The highest BCUT2D eigenvalue weighted by atomic mass is 16.2. The van der Waals surface area contributed by atoms with Crippen molar-refractivity contribution in [1.82, 2.24) is 0 Å². The molecule has 118 valence electrons. The van der Waals surface area contributed by atoms with E-state index in [0.29, 0.717) is 6.42 Å². The number of anilines is 1. The van der Waals surface area contributed by atoms with Gasteiger partial charge in [-0.2, -0.15) is 0 Å². The Morgan fingerprint density at radius 2 is 1.70 bits per heavy atom. The minimum atomic E-state index is 0.103. The Kier molecular flexibility index (Phi) is 4.28. The summed E-state index contributed by atoms with van der Waals surface area (Å²) in [7, 11) is 0. The predicted octanol–water partition coefficient (Wildman–Crippen LogP) is 3.78. The average Bonchev–Trinajstić information content (AvgIpc) is 2.96. The van der Waals surface area contributed by atoms with Crippen LogP contribution in [0, 0.1) is 0 Å². The lowest BCUT2D eigenvalue weighted by molar-refractivity contribution is -0.117. The molecule has 0 aromatic heterocycles. The first-order chi connectivity index (χ1) is 11.0. The van der Waals surface area contributed by atoms with Crippen molar-refractivity contribution in [3.63, 3.8) is 0 Å². The molecule has 1 amide bonds. The maximum atomic E-state index is 11.6. The summed E-state index contributed by atoms with van der Waals surface area (Å²) in [6, 6.07) is 14.7. The molecule has 1 aliphatic heterocycles. The number of hydrogen-bond donors (Lipinski definition) is 0. The Morgan fingerprint density at radius 3 is 2.35 bits per heavy atom. The molecule has 2 aromatic carbocycles. The molecule has 0 unspecified atom stereocenters. The van der Waals surface area contributed by atoms with Gasteiger partial charge < -0.3 is 9.69 Å². The van der Waals surface area contributed by atoms with Crippen molar-refractivity contribution in [3.8, 4) is 11.1 Å². The third-order valence-electron chi connectivity index (χ3n) is 4.41. The van der Waals surface area contributed by atoms with Gasteiger partial charge in [-0.25, -0.2) is 0 Å². The first-order valence-electron chi connectivity index (χ1n) is 8.04. The molecule has 0 radical (unpaired) electrons. The molecule has 2 aromatic rings. The number of benzene rings is 2. The second-order valence-corrected chi connectivity index (χ2v) is 6.16. The van der Waals surface area contributed by atoms with Gasteiger partial charge in [0.2, 0.25) is 5.91 Å². The summed E-state index contributed by atoms with van der Waals surface area (Å²) >= 11 is 0. The van der Waals surface area contributed by atoms with Gasteiger partial charge in [0, 0.05) is 25.6 Å². The Bertz CT molecular complexity index is 747. The predicted molar refractivity (Wildman–Crippen MR) is 92.6 cm³/mol. The summed E-state index contributed by atoms with van der Waals surface area (Å²) < 4.78 is 0. The molecule has 0 N–H and O–H groups in total. The molecule has 0 saturated heterocycles. The molecular weight excluding hydrogens is 286 g/mol. The smallest absolute Gasteiger partial charge is 0.223 e. The molecule has 0 atom stereocenters. The van der Waals surface area contributed by atoms with Crippen LogP contribution in [-0.4, -0.2) is 18.2 Å². The third kappa shape index (κ3) is 3.34. The standard InChI is InChI=1S/C20H21NO2/c1-14(22)3-4-16-5-7-17(8-6-16)18-9-10-20-19(13-18)11-12-21(20)15(2)23/h5-10,13H,3-4,11-12H2,1-2H3. The fraction of sp³-hybridized carbons (Fsp3) is 0.300. The van der Waals surface area contributed by atoms with E-state index in [2.05, 4.69) is 36.4 Å². The van der Waals surface area contributed by atoms with Crippen molar-refractivity contribution >= 4 is 17.4 Å². The van der Waals surface area contributed by atoms with Gasteiger partial charge in [-0.15, -0.1) is 0 Å². The van der Waals surface area contributed by atoms with Gasteiger partial charge in [0.25, 0.3) is 0 Å². The molecule has 0 spiro atoms. The number of aryl methyl sites for hydroxylation is 1. The van der Waals surface area contributed by atoms with E-state index in [1.807, 2.05) is 11.0 Å². The van der Waals surface area contributed by atoms with Crippen LogP contribution in [0.5, 0.6) is 0 Å². The van der Waals surface area contributed by atoms with E-state index in [4.69, 9.17) is 0 Å². The van der Waals surface area contributed by atoms with E-state index < -0.39 is 0 Å². The molecule has 0 bridgehead atoms. The Morgan fingerprint density at radius 1 is 1.00 bits per heavy atom. The minimum absolute atomic E-state index is 0.103. The number of nitrogens with zero attached hydrogens (tertiary/aromatic N) is 1. The molecule has 0 aliphatic carbocycles. The molecule has 1 heterocycles. The van der Waals surface area contributed by atoms with Crippen LogP contribution < -0.4 is 4.90 Å². The van der Waals surface area contributed by atoms with Gasteiger partial charge in [0.15, 0.2) is 0 Å². The van der Waals surface area contributed by atoms with E-state index >= 15 is 0 Å². The third-order valence-corrected chi connectivity index (χ3v) is 4.41. The number of Topliss-reactive ketones (excluding diaryl/α,β-unsaturated/α-hetero) is 1. The molecule has 3 heteroatoms. The summed E-state index contributed by atoms with van der Waals surface area (Å²) in [5, 5.41) is 0. The molecule has 0 saturated carbocycles. The van der Waals surface area contributed by atoms with Crippen LogP contribution in [0.4, 0.5) is 5.69 Å². The molecule has 23 heavy (non-hydrogen) atoms. The van der Waals surface area contributed by atoms with Gasteiger partial charge in [-0.05, 0) is 54.2 Å². The lowest BCUT2D eigenvalue weighted by Crippen LogP contribution is -2.25. The zero-order valence-electron chi connectivity index (χ0n) is 13.6. The van der Waals surface area contributed by atoms with Crippen LogP contribution in [0.2, 0.25) is 0 Å². The van der Waals surface area contributed by atoms with Crippen LogP contribution >= 0.6 is 0 Å². The van der Waals surface area contributed by atoms with E-state index in [1.165, 1.54) is 22.3 Å². The summed E-state index contributed by atoms with van der Waals surface area (Å²) in [5.74, 6) is 0.328. The Hall–Kier alpha value is -2.42. The Balaban J connectivity index is 1.80. The maximum absolute atomic E-state index is 11.6. The van der Waals surface area contributed by atoms with Crippen LogP contribution in [0.1, 0.15) is 31.4 Å². The zero-order chi connectivity index (χ0) is 16.4. The SMILES string of the molecule is CC(=O)CCc1ccc(-c2ccc3c(c2)CCN3C(C)=O)cc1. The number of fused-ring (bicyclic) bond motifs is 1. The normalized spacial score (nSPS) is 13.0. The van der Waals surface area contributed by atoms with Crippen LogP contribution in [-0.2, 0) is 22.4 Å². The lowest BCUT2D eigenvalue weighted by Gasteiger charge is -2.15. The van der Waals surface area contributed by atoms with Gasteiger partial charge in [0.1, 0.15) is 5.78 Å². The van der Waals surface area contributed by atoms with Crippen molar-refractivity contribution in [2.45, 2.75) is 33.1 Å². The number of carbonyl (C=O) groups excluding carboxylic acids is 2. The van der Waals surface area contributed by atoms with Gasteiger partial charge in [-0.1, -0.05) is 30.3 Å². The molecule has 0 fully saturated rings. The van der Waals surface area contributed by atoms with E-state index in [9.17, 15) is 9.59 Å². The molecule has 1 aliphatic rings. The maximum Gasteiger partial charge on any atom is 0.223 e. The highest BCUT2D eigenvalue weighted by Crippen LogP contribution is 2.32. The van der Waals surface area contributed by atoms with Gasteiger partial charge >= 0.3 is 0 Å². The number of rotatable bonds is 4. The van der Waals surface area contributed by atoms with Crippen molar-refractivity contribution < 1.29 is 9.59 Å². The quantitative estimate of drug-likeness (QED) is 0.862. The van der Waals surface area contributed by atoms with Crippen molar-refractivity contribution in [2.75, 3.05) is 11.4 Å². The highest BCUT2D eigenvalue weighted by molar-refractivity contribution is 5.94. The zero-order valence-corrected chi connectivity index (χ0v) is 13.6. The van der Waals surface area contributed by atoms with Gasteiger partial charge in [-0.3, -0.25) is 4.79 Å². The van der Waals surface area contributed by atoms with E-state index in [1.54, 1.807) is 13.8 Å². The van der Waals surface area contributed by atoms with Crippen molar-refractivity contribution in [2.24, 2.45) is 0 Å². The second-order valence-electron chi connectivity index (χ2n) is 6.16. The van der Waals surface area contributed by atoms with Crippen molar-refractivity contribution in [3.05, 3.63) is 53.6 Å². The average molecular weight is 307 g/mol. The molecule has 3 nitrogen and oxygen atoms in total.